The van der Waals surface area contributed by atoms with E-state index in [0.29, 0.717) is 5.41 Å². The van der Waals surface area contributed by atoms with Gasteiger partial charge in [0.2, 0.25) is 0 Å². The first-order valence-corrected chi connectivity index (χ1v) is 6.33. The second kappa shape index (κ2) is 3.84. The first kappa shape index (κ1) is 10.5. The average molecular weight is 195 g/mol. The summed E-state index contributed by atoms with van der Waals surface area (Å²) in [6.45, 7) is 7.19. The molecule has 2 atom stereocenters. The van der Waals surface area contributed by atoms with Crippen LogP contribution in [0.25, 0.3) is 0 Å². The molecule has 0 aromatic rings. The van der Waals surface area contributed by atoms with Crippen LogP contribution in [0, 0.1) is 11.3 Å². The number of rotatable bonds is 2. The lowest BCUT2D eigenvalue weighted by atomic mass is 9.68. The average Bonchev–Trinajstić information content (AvgIpc) is 2.05. The van der Waals surface area contributed by atoms with E-state index in [2.05, 4.69) is 26.1 Å². The van der Waals surface area contributed by atoms with Crippen molar-refractivity contribution < 1.29 is 0 Å². The molecule has 2 saturated carbocycles. The standard InChI is InChI=1S/C13H25N/c1-10-6-4-5-7-12(10)14-11-8-13(2,3)9-11/h10-12,14H,4-9H2,1-3H3. The van der Waals surface area contributed by atoms with Gasteiger partial charge in [-0.2, -0.15) is 0 Å². The van der Waals surface area contributed by atoms with E-state index in [-0.39, 0.29) is 0 Å². The maximum atomic E-state index is 3.86. The Kier molecular flexibility index (Phi) is 2.88. The monoisotopic (exact) mass is 195 g/mol. The molecule has 0 saturated heterocycles. The van der Waals surface area contributed by atoms with Crippen molar-refractivity contribution in [3.05, 3.63) is 0 Å². The molecule has 1 nitrogen and oxygen atoms in total. The van der Waals surface area contributed by atoms with Crippen molar-refractivity contribution in [1.82, 2.24) is 5.32 Å². The summed E-state index contributed by atoms with van der Waals surface area (Å²) in [5, 5.41) is 3.86. The third-order valence-corrected chi connectivity index (χ3v) is 4.16. The van der Waals surface area contributed by atoms with Crippen molar-refractivity contribution in [3.63, 3.8) is 0 Å². The van der Waals surface area contributed by atoms with Crippen LogP contribution >= 0.6 is 0 Å². The van der Waals surface area contributed by atoms with Gasteiger partial charge in [-0.05, 0) is 37.0 Å². The molecule has 0 aromatic carbocycles. The Morgan fingerprint density at radius 3 is 2.29 bits per heavy atom. The molecule has 14 heavy (non-hydrogen) atoms. The van der Waals surface area contributed by atoms with E-state index < -0.39 is 0 Å². The van der Waals surface area contributed by atoms with Gasteiger partial charge in [0.1, 0.15) is 0 Å². The van der Waals surface area contributed by atoms with Crippen molar-refractivity contribution in [3.8, 4) is 0 Å². The highest BCUT2D eigenvalue weighted by atomic mass is 15.0. The largest absolute Gasteiger partial charge is 0.311 e. The van der Waals surface area contributed by atoms with Crippen molar-refractivity contribution in [2.75, 3.05) is 0 Å². The van der Waals surface area contributed by atoms with Gasteiger partial charge in [-0.25, -0.2) is 0 Å². The normalized spacial score (nSPS) is 37.9. The lowest BCUT2D eigenvalue weighted by Gasteiger charge is -2.46. The Labute approximate surface area is 88.7 Å². The van der Waals surface area contributed by atoms with Gasteiger partial charge in [0.15, 0.2) is 0 Å². The highest BCUT2D eigenvalue weighted by Crippen LogP contribution is 2.40. The summed E-state index contributed by atoms with van der Waals surface area (Å²) in [5.74, 6) is 0.910. The number of nitrogens with one attached hydrogen (secondary N) is 1. The number of hydrogen-bond donors (Lipinski definition) is 1. The summed E-state index contributed by atoms with van der Waals surface area (Å²) in [6.07, 6.45) is 8.52. The minimum atomic E-state index is 0.621. The predicted octanol–water partition coefficient (Wildman–Crippen LogP) is 3.34. The van der Waals surface area contributed by atoms with Crippen LogP contribution in [0.3, 0.4) is 0 Å². The maximum absolute atomic E-state index is 3.86. The Balaban J connectivity index is 1.75. The minimum Gasteiger partial charge on any atom is -0.311 e. The molecule has 82 valence electrons. The van der Waals surface area contributed by atoms with E-state index in [0.717, 1.165) is 18.0 Å². The molecule has 0 radical (unpaired) electrons. The SMILES string of the molecule is CC1CCCCC1NC1CC(C)(C)C1. The minimum absolute atomic E-state index is 0.621. The Morgan fingerprint density at radius 1 is 1.07 bits per heavy atom. The molecule has 1 N–H and O–H groups in total. The van der Waals surface area contributed by atoms with Crippen LogP contribution < -0.4 is 5.32 Å². The zero-order chi connectivity index (χ0) is 10.2. The molecular weight excluding hydrogens is 170 g/mol. The Hall–Kier alpha value is -0.0400. The zero-order valence-electron chi connectivity index (χ0n) is 9.97. The molecule has 1 heteroatoms. The predicted molar refractivity (Wildman–Crippen MR) is 61.4 cm³/mol. The zero-order valence-corrected chi connectivity index (χ0v) is 9.97. The van der Waals surface area contributed by atoms with Gasteiger partial charge in [-0.3, -0.25) is 0 Å². The van der Waals surface area contributed by atoms with Crippen LogP contribution in [0.4, 0.5) is 0 Å². The second-order valence-corrected chi connectivity index (χ2v) is 6.30. The molecule has 2 unspecified atom stereocenters. The van der Waals surface area contributed by atoms with Gasteiger partial charge in [0, 0.05) is 12.1 Å². The summed E-state index contributed by atoms with van der Waals surface area (Å²) in [6, 6.07) is 1.65. The summed E-state index contributed by atoms with van der Waals surface area (Å²) >= 11 is 0. The van der Waals surface area contributed by atoms with Crippen LogP contribution in [-0.4, -0.2) is 12.1 Å². The fraction of sp³-hybridized carbons (Fsp3) is 1.00. The third-order valence-electron chi connectivity index (χ3n) is 4.16. The van der Waals surface area contributed by atoms with Crippen LogP contribution in [0.1, 0.15) is 59.3 Å². The molecule has 0 amide bonds. The Bertz CT molecular complexity index is 189. The lowest BCUT2D eigenvalue weighted by Crippen LogP contribution is -2.52. The smallest absolute Gasteiger partial charge is 0.00952 e. The Morgan fingerprint density at radius 2 is 1.71 bits per heavy atom. The van der Waals surface area contributed by atoms with E-state index in [9.17, 15) is 0 Å². The molecule has 2 rings (SSSR count). The second-order valence-electron chi connectivity index (χ2n) is 6.30. The lowest BCUT2D eigenvalue weighted by molar-refractivity contribution is 0.100. The topological polar surface area (TPSA) is 12.0 Å². The molecule has 0 heterocycles. The van der Waals surface area contributed by atoms with Crippen LogP contribution in [0.5, 0.6) is 0 Å². The van der Waals surface area contributed by atoms with E-state index in [1.807, 2.05) is 0 Å². The first-order valence-electron chi connectivity index (χ1n) is 6.33. The van der Waals surface area contributed by atoms with Crippen LogP contribution in [0.15, 0.2) is 0 Å². The van der Waals surface area contributed by atoms with E-state index in [1.54, 1.807) is 0 Å². The van der Waals surface area contributed by atoms with E-state index in [1.165, 1.54) is 38.5 Å². The molecule has 0 aliphatic heterocycles. The fourth-order valence-corrected chi connectivity index (χ4v) is 3.26. The molecular formula is C13H25N. The van der Waals surface area contributed by atoms with Gasteiger partial charge >= 0.3 is 0 Å². The van der Waals surface area contributed by atoms with E-state index >= 15 is 0 Å². The first-order chi connectivity index (χ1) is 6.57. The number of hydrogen-bond acceptors (Lipinski definition) is 1. The highest BCUT2D eigenvalue weighted by Gasteiger charge is 2.37. The third kappa shape index (κ3) is 2.31. The summed E-state index contributed by atoms with van der Waals surface area (Å²) in [5.41, 5.74) is 0.621. The quantitative estimate of drug-likeness (QED) is 0.712. The van der Waals surface area contributed by atoms with Gasteiger partial charge in [-0.15, -0.1) is 0 Å². The summed E-state index contributed by atoms with van der Waals surface area (Å²) in [7, 11) is 0. The van der Waals surface area contributed by atoms with Crippen molar-refractivity contribution in [2.45, 2.75) is 71.4 Å². The van der Waals surface area contributed by atoms with Crippen molar-refractivity contribution >= 4 is 0 Å². The fourth-order valence-electron chi connectivity index (χ4n) is 3.26. The molecule has 2 fully saturated rings. The van der Waals surface area contributed by atoms with Gasteiger partial charge < -0.3 is 5.32 Å². The molecule has 2 aliphatic carbocycles. The maximum Gasteiger partial charge on any atom is 0.00952 e. The van der Waals surface area contributed by atoms with Gasteiger partial charge in [-0.1, -0.05) is 33.6 Å². The van der Waals surface area contributed by atoms with Crippen LogP contribution in [0.2, 0.25) is 0 Å². The van der Waals surface area contributed by atoms with E-state index in [4.69, 9.17) is 0 Å². The molecule has 0 aromatic heterocycles. The van der Waals surface area contributed by atoms with Crippen molar-refractivity contribution in [2.24, 2.45) is 11.3 Å². The van der Waals surface area contributed by atoms with Crippen molar-refractivity contribution in [1.29, 1.82) is 0 Å². The molecule has 2 aliphatic rings. The summed E-state index contributed by atoms with van der Waals surface area (Å²) < 4.78 is 0. The van der Waals surface area contributed by atoms with Crippen LogP contribution in [-0.2, 0) is 0 Å². The molecule has 0 bridgehead atoms. The van der Waals surface area contributed by atoms with Gasteiger partial charge in [0.05, 0.1) is 0 Å². The molecule has 0 spiro atoms. The summed E-state index contributed by atoms with van der Waals surface area (Å²) in [4.78, 5) is 0. The van der Waals surface area contributed by atoms with Gasteiger partial charge in [0.25, 0.3) is 0 Å². The highest BCUT2D eigenvalue weighted by molar-refractivity contribution is 4.94.